The number of thiazole rings is 1. The van der Waals surface area contributed by atoms with Crippen molar-refractivity contribution in [3.05, 3.63) is 66.6 Å². The Kier molecular flexibility index (Phi) is 16.6. The van der Waals surface area contributed by atoms with Crippen LogP contribution < -0.4 is 30.1 Å². The first-order valence-electron chi connectivity index (χ1n) is 22.7. The molecule has 368 valence electrons. The van der Waals surface area contributed by atoms with E-state index in [-0.39, 0.29) is 36.3 Å². The van der Waals surface area contributed by atoms with Gasteiger partial charge in [0.1, 0.15) is 45.4 Å². The SMILES string of the molecule is C=C[C@@H]1C[C@]1(NC(=O)[C@@H]1C[C@@H](Oc2cc(-c3csc(NC(C)C)n3)nc3cc(OC)ccc23)CN1C(=O)OC(C)(C)C)C(=O)NS(=O)(=O)c1ccccc1NCCCCN(C)CCCC(=O)OC. The number of esters is 1. The molecule has 1 saturated heterocycles. The lowest BCUT2D eigenvalue weighted by Gasteiger charge is -2.29. The second-order valence-electron chi connectivity index (χ2n) is 18.4. The zero-order valence-electron chi connectivity index (χ0n) is 40.0. The maximum Gasteiger partial charge on any atom is 0.411 e. The van der Waals surface area contributed by atoms with Crippen LogP contribution in [-0.2, 0) is 33.9 Å². The molecule has 2 aromatic carbocycles. The Morgan fingerprint density at radius 1 is 1.03 bits per heavy atom. The molecule has 3 heterocycles. The summed E-state index contributed by atoms with van der Waals surface area (Å²) in [6.07, 6.45) is 2.69. The van der Waals surface area contributed by atoms with Gasteiger partial charge in [-0.2, -0.15) is 0 Å². The number of methoxy groups -OCH3 is 2. The van der Waals surface area contributed by atoms with Crippen molar-refractivity contribution in [1.82, 2.24) is 29.8 Å². The molecule has 20 heteroatoms. The fourth-order valence-electron chi connectivity index (χ4n) is 7.96. The highest BCUT2D eigenvalue weighted by molar-refractivity contribution is 7.90. The second kappa shape index (κ2) is 22.0. The van der Waals surface area contributed by atoms with Gasteiger partial charge in [-0.15, -0.1) is 17.9 Å². The van der Waals surface area contributed by atoms with Crippen LogP contribution in [0.15, 0.2) is 71.5 Å². The summed E-state index contributed by atoms with van der Waals surface area (Å²) in [5, 5.41) is 12.6. The van der Waals surface area contributed by atoms with Crippen molar-refractivity contribution < 1.29 is 46.5 Å². The van der Waals surface area contributed by atoms with E-state index in [4.69, 9.17) is 28.9 Å². The lowest BCUT2D eigenvalue weighted by atomic mass is 10.1. The summed E-state index contributed by atoms with van der Waals surface area (Å²) in [5.41, 5.74) is -0.513. The van der Waals surface area contributed by atoms with Crippen LogP contribution in [0.25, 0.3) is 22.3 Å². The summed E-state index contributed by atoms with van der Waals surface area (Å²) >= 11 is 1.45. The zero-order chi connectivity index (χ0) is 49.4. The second-order valence-corrected chi connectivity index (χ2v) is 20.9. The van der Waals surface area contributed by atoms with Crippen LogP contribution in [-0.4, -0.2) is 129 Å². The van der Waals surface area contributed by atoms with E-state index in [0.29, 0.717) is 58.9 Å². The number of anilines is 2. The number of likely N-dealkylation sites (tertiary alicyclic amines) is 1. The third-order valence-corrected chi connectivity index (χ3v) is 13.7. The molecule has 3 amide bonds. The molecule has 0 radical (unpaired) electrons. The molecule has 0 bridgehead atoms. The maximum absolute atomic E-state index is 14.5. The first kappa shape index (κ1) is 51.4. The number of fused-ring (bicyclic) bond motifs is 1. The number of carbonyl (C=O) groups is 4. The van der Waals surface area contributed by atoms with Crippen molar-refractivity contribution in [3.63, 3.8) is 0 Å². The van der Waals surface area contributed by atoms with Gasteiger partial charge in [-0.3, -0.25) is 19.3 Å². The molecule has 1 saturated carbocycles. The van der Waals surface area contributed by atoms with E-state index in [1.807, 2.05) is 32.3 Å². The molecule has 2 fully saturated rings. The monoisotopic (exact) mass is 976 g/mol. The number of sulfonamides is 1. The Bertz CT molecular complexity index is 2580. The predicted octanol–water partition coefficient (Wildman–Crippen LogP) is 6.59. The van der Waals surface area contributed by atoms with E-state index in [0.717, 1.165) is 31.1 Å². The molecule has 6 rings (SSSR count). The molecular formula is C48H64N8O10S2. The maximum atomic E-state index is 14.5. The van der Waals surface area contributed by atoms with E-state index < -0.39 is 57.1 Å². The predicted molar refractivity (Wildman–Crippen MR) is 261 cm³/mol. The van der Waals surface area contributed by atoms with Crippen molar-refractivity contribution in [2.24, 2.45) is 5.92 Å². The Morgan fingerprint density at radius 2 is 1.78 bits per heavy atom. The van der Waals surface area contributed by atoms with Crippen LogP contribution in [0.1, 0.15) is 73.1 Å². The van der Waals surface area contributed by atoms with Gasteiger partial charge in [0.25, 0.3) is 15.9 Å². The molecule has 4 N–H and O–H groups in total. The van der Waals surface area contributed by atoms with E-state index in [2.05, 4.69) is 32.2 Å². The Balaban J connectivity index is 1.17. The number of benzene rings is 2. The average molecular weight is 977 g/mol. The van der Waals surface area contributed by atoms with Gasteiger partial charge in [0.15, 0.2) is 5.13 Å². The minimum Gasteiger partial charge on any atom is -0.497 e. The molecular weight excluding hydrogens is 913 g/mol. The molecule has 68 heavy (non-hydrogen) atoms. The molecule has 0 unspecified atom stereocenters. The van der Waals surface area contributed by atoms with Crippen LogP contribution in [0.2, 0.25) is 0 Å². The smallest absolute Gasteiger partial charge is 0.411 e. The van der Waals surface area contributed by atoms with Crippen LogP contribution in [0.5, 0.6) is 11.5 Å². The number of carbonyl (C=O) groups excluding carboxylic acids is 4. The van der Waals surface area contributed by atoms with Gasteiger partial charge in [-0.25, -0.2) is 27.9 Å². The van der Waals surface area contributed by atoms with E-state index >= 15 is 0 Å². The van der Waals surface area contributed by atoms with Crippen molar-refractivity contribution in [3.8, 4) is 22.9 Å². The number of aromatic nitrogens is 2. The molecule has 1 aliphatic carbocycles. The molecule has 0 spiro atoms. The van der Waals surface area contributed by atoms with Crippen molar-refractivity contribution in [1.29, 1.82) is 0 Å². The number of amides is 3. The normalized spacial score (nSPS) is 19.1. The van der Waals surface area contributed by atoms with Crippen LogP contribution >= 0.6 is 11.3 Å². The van der Waals surface area contributed by atoms with Gasteiger partial charge >= 0.3 is 12.1 Å². The number of pyridine rings is 1. The number of ether oxygens (including phenoxy) is 4. The van der Waals surface area contributed by atoms with Crippen molar-refractivity contribution in [2.75, 3.05) is 58.1 Å². The van der Waals surface area contributed by atoms with E-state index in [1.54, 1.807) is 64.3 Å². The summed E-state index contributed by atoms with van der Waals surface area (Å²) in [7, 11) is 0.457. The van der Waals surface area contributed by atoms with Gasteiger partial charge in [-0.1, -0.05) is 18.2 Å². The first-order chi connectivity index (χ1) is 32.2. The topological polar surface area (TPSA) is 220 Å². The fraction of sp³-hybridized carbons (Fsp3) is 0.500. The quantitative estimate of drug-likeness (QED) is 0.0371. The Morgan fingerprint density at radius 3 is 2.47 bits per heavy atom. The van der Waals surface area contributed by atoms with Gasteiger partial charge in [0.2, 0.25) is 5.91 Å². The van der Waals surface area contributed by atoms with Gasteiger partial charge in [0, 0.05) is 54.2 Å². The Hall–Kier alpha value is -5.99. The lowest BCUT2D eigenvalue weighted by Crippen LogP contribution is -2.56. The van der Waals surface area contributed by atoms with E-state index in [9.17, 15) is 27.6 Å². The summed E-state index contributed by atoms with van der Waals surface area (Å²) in [4.78, 5) is 66.8. The minimum absolute atomic E-state index is 0.0129. The third kappa shape index (κ3) is 13.0. The number of nitrogens with zero attached hydrogens (tertiary/aromatic N) is 4. The molecule has 18 nitrogen and oxygen atoms in total. The molecule has 2 aromatic heterocycles. The first-order valence-corrected chi connectivity index (χ1v) is 25.1. The van der Waals surface area contributed by atoms with Crippen molar-refractivity contribution >= 4 is 67.0 Å². The van der Waals surface area contributed by atoms with Crippen LogP contribution in [0.3, 0.4) is 0 Å². The Labute approximate surface area is 402 Å². The largest absolute Gasteiger partial charge is 0.497 e. The average Bonchev–Trinajstić information content (AvgIpc) is 3.54. The summed E-state index contributed by atoms with van der Waals surface area (Å²) in [6.45, 7) is 15.0. The lowest BCUT2D eigenvalue weighted by molar-refractivity contribution is -0.140. The summed E-state index contributed by atoms with van der Waals surface area (Å²) in [5.74, 6) is -1.43. The molecule has 4 atom stereocenters. The summed E-state index contributed by atoms with van der Waals surface area (Å²) in [6, 6.07) is 12.5. The molecule has 2 aliphatic rings. The standard InChI is InChI=1S/C48H64N8O10S2/c1-10-31-27-48(31,44(59)54-68(61,62)41-17-12-11-16-35(41)49-21-13-14-22-55(7)23-15-18-42(57)64-9)53-43(58)39-25-33(28-56(39)46(60)66-47(4,5)6)65-40-26-37(38-29-67-45(52-38)50-30(2)3)51-36-24-32(63-8)19-20-34(36)40/h10-12,16-17,19-20,24,26,29-31,33,39,49H,1,13-15,18,21-23,25,27-28H2,2-9H3,(H,50,52)(H,53,58)(H,54,59)/t31-,33-,39+,48-/m1/s1. The third-order valence-electron chi connectivity index (χ3n) is 11.5. The number of nitrogens with one attached hydrogen (secondary N) is 4. The van der Waals surface area contributed by atoms with E-state index in [1.165, 1.54) is 35.5 Å². The number of hydrogen-bond acceptors (Lipinski definition) is 16. The number of unbranched alkanes of at least 4 members (excludes halogenated alkanes) is 1. The van der Waals surface area contributed by atoms with Crippen LogP contribution in [0, 0.1) is 5.92 Å². The fourth-order valence-corrected chi connectivity index (χ4v) is 10.0. The minimum atomic E-state index is -4.45. The number of rotatable bonds is 22. The van der Waals surface area contributed by atoms with Crippen LogP contribution in [0.4, 0.5) is 15.6 Å². The highest BCUT2D eigenvalue weighted by atomic mass is 32.2. The zero-order valence-corrected chi connectivity index (χ0v) is 41.7. The highest BCUT2D eigenvalue weighted by Crippen LogP contribution is 2.45. The molecule has 4 aromatic rings. The number of hydrogen-bond donors (Lipinski definition) is 4. The highest BCUT2D eigenvalue weighted by Gasteiger charge is 2.61. The van der Waals surface area contributed by atoms with Gasteiger partial charge in [0.05, 0.1) is 37.7 Å². The van der Waals surface area contributed by atoms with Gasteiger partial charge < -0.3 is 39.8 Å². The number of para-hydroxylation sites is 1. The molecule has 1 aliphatic heterocycles. The van der Waals surface area contributed by atoms with Gasteiger partial charge in [-0.05, 0) is 105 Å². The summed E-state index contributed by atoms with van der Waals surface area (Å²) < 4.78 is 52.8. The van der Waals surface area contributed by atoms with Crippen molar-refractivity contribution in [2.45, 2.75) is 107 Å².